The maximum Gasteiger partial charge on any atom is 0.253 e. The minimum absolute atomic E-state index is 0.0772. The van der Waals surface area contributed by atoms with Gasteiger partial charge in [0.15, 0.2) is 0 Å². The van der Waals surface area contributed by atoms with E-state index >= 15 is 0 Å². The van der Waals surface area contributed by atoms with Crippen LogP contribution in [0.5, 0.6) is 0 Å². The molecule has 0 unspecified atom stereocenters. The minimum Gasteiger partial charge on any atom is -0.352 e. The Bertz CT molecular complexity index is 365. The van der Waals surface area contributed by atoms with Gasteiger partial charge in [0.05, 0.1) is 17.0 Å². The minimum atomic E-state index is -0.0772. The molecule has 2 N–H and O–H groups in total. The van der Waals surface area contributed by atoms with Crippen LogP contribution in [-0.2, 0) is 0 Å². The van der Waals surface area contributed by atoms with Crippen molar-refractivity contribution in [2.75, 3.05) is 20.1 Å². The van der Waals surface area contributed by atoms with Crippen LogP contribution in [0.25, 0.3) is 0 Å². The van der Waals surface area contributed by atoms with Gasteiger partial charge in [0.25, 0.3) is 5.91 Å². The number of hydrogen-bond acceptors (Lipinski definition) is 4. The van der Waals surface area contributed by atoms with E-state index in [9.17, 15) is 4.79 Å². The highest BCUT2D eigenvalue weighted by molar-refractivity contribution is 5.95. The van der Waals surface area contributed by atoms with Gasteiger partial charge in [0.1, 0.15) is 0 Å². The highest BCUT2D eigenvalue weighted by Crippen LogP contribution is 2.04. The molecule has 0 fully saturated rings. The van der Waals surface area contributed by atoms with E-state index in [4.69, 9.17) is 0 Å². The molecule has 0 saturated heterocycles. The lowest BCUT2D eigenvalue weighted by Gasteiger charge is -2.07. The van der Waals surface area contributed by atoms with Gasteiger partial charge < -0.3 is 10.6 Å². The summed E-state index contributed by atoms with van der Waals surface area (Å²) >= 11 is 0. The fraction of sp³-hybridized carbons (Fsp3) is 0.545. The Kier molecular flexibility index (Phi) is 4.85. The van der Waals surface area contributed by atoms with Crippen LogP contribution >= 0.6 is 0 Å². The number of nitrogens with one attached hydrogen (secondary N) is 2. The van der Waals surface area contributed by atoms with Crippen molar-refractivity contribution in [2.24, 2.45) is 0 Å². The first kappa shape index (κ1) is 12.6. The molecular weight excluding hydrogens is 204 g/mol. The van der Waals surface area contributed by atoms with Gasteiger partial charge in [-0.15, -0.1) is 0 Å². The average molecular weight is 222 g/mol. The third-order valence-corrected chi connectivity index (χ3v) is 2.23. The SMILES string of the molecule is CNCCCNC(=O)c1cc(C)nnc1C. The van der Waals surface area contributed by atoms with Gasteiger partial charge in [-0.1, -0.05) is 0 Å². The zero-order chi connectivity index (χ0) is 12.0. The molecule has 0 bridgehead atoms. The lowest BCUT2D eigenvalue weighted by molar-refractivity contribution is 0.0952. The standard InChI is InChI=1S/C11H18N4O/c1-8-7-10(9(2)15-14-8)11(16)13-6-4-5-12-3/h7,12H,4-6H2,1-3H3,(H,13,16). The molecular formula is C11H18N4O. The lowest BCUT2D eigenvalue weighted by atomic mass is 10.2. The Labute approximate surface area is 95.7 Å². The van der Waals surface area contributed by atoms with Crippen molar-refractivity contribution in [3.05, 3.63) is 23.0 Å². The largest absolute Gasteiger partial charge is 0.352 e. The van der Waals surface area contributed by atoms with E-state index in [1.54, 1.807) is 13.0 Å². The number of hydrogen-bond donors (Lipinski definition) is 2. The van der Waals surface area contributed by atoms with Gasteiger partial charge in [-0.25, -0.2) is 0 Å². The zero-order valence-corrected chi connectivity index (χ0v) is 10.0. The monoisotopic (exact) mass is 222 g/mol. The molecule has 16 heavy (non-hydrogen) atoms. The first-order valence-corrected chi connectivity index (χ1v) is 5.39. The van der Waals surface area contributed by atoms with Crippen molar-refractivity contribution < 1.29 is 4.79 Å². The molecule has 0 aromatic carbocycles. The van der Waals surface area contributed by atoms with Crippen molar-refractivity contribution in [3.8, 4) is 0 Å². The Balaban J connectivity index is 2.55. The summed E-state index contributed by atoms with van der Waals surface area (Å²) in [5.41, 5.74) is 2.03. The lowest BCUT2D eigenvalue weighted by Crippen LogP contribution is -2.27. The van der Waals surface area contributed by atoms with Crippen LogP contribution in [0, 0.1) is 13.8 Å². The molecule has 1 rings (SSSR count). The molecule has 0 spiro atoms. The summed E-state index contributed by atoms with van der Waals surface area (Å²) in [5, 5.41) is 13.7. The number of nitrogens with zero attached hydrogens (tertiary/aromatic N) is 2. The molecule has 0 radical (unpaired) electrons. The Morgan fingerprint density at radius 1 is 1.31 bits per heavy atom. The number of aryl methyl sites for hydroxylation is 2. The fourth-order valence-electron chi connectivity index (χ4n) is 1.34. The highest BCUT2D eigenvalue weighted by atomic mass is 16.1. The van der Waals surface area contributed by atoms with E-state index in [-0.39, 0.29) is 5.91 Å². The van der Waals surface area contributed by atoms with Crippen molar-refractivity contribution in [3.63, 3.8) is 0 Å². The molecule has 1 heterocycles. The van der Waals surface area contributed by atoms with Crippen LogP contribution in [0.4, 0.5) is 0 Å². The van der Waals surface area contributed by atoms with Crippen molar-refractivity contribution in [1.29, 1.82) is 0 Å². The maximum atomic E-state index is 11.8. The van der Waals surface area contributed by atoms with Gasteiger partial charge in [0.2, 0.25) is 0 Å². The smallest absolute Gasteiger partial charge is 0.253 e. The Morgan fingerprint density at radius 2 is 2.06 bits per heavy atom. The van der Waals surface area contributed by atoms with E-state index in [1.165, 1.54) is 0 Å². The molecule has 0 aliphatic carbocycles. The molecule has 0 aliphatic rings. The topological polar surface area (TPSA) is 66.9 Å². The Hall–Kier alpha value is -1.49. The van der Waals surface area contributed by atoms with Gasteiger partial charge in [0, 0.05) is 6.54 Å². The van der Waals surface area contributed by atoms with Crippen LogP contribution in [0.1, 0.15) is 28.2 Å². The molecule has 0 aliphatic heterocycles. The number of rotatable bonds is 5. The normalized spacial score (nSPS) is 10.2. The maximum absolute atomic E-state index is 11.8. The third kappa shape index (κ3) is 3.58. The third-order valence-electron chi connectivity index (χ3n) is 2.23. The van der Waals surface area contributed by atoms with Gasteiger partial charge in [-0.2, -0.15) is 10.2 Å². The first-order valence-electron chi connectivity index (χ1n) is 5.39. The number of carbonyl (C=O) groups is 1. The van der Waals surface area contributed by atoms with Crippen LogP contribution in [0.3, 0.4) is 0 Å². The quantitative estimate of drug-likeness (QED) is 0.709. The van der Waals surface area contributed by atoms with Gasteiger partial charge >= 0.3 is 0 Å². The number of amides is 1. The Morgan fingerprint density at radius 3 is 2.75 bits per heavy atom. The van der Waals surface area contributed by atoms with Crippen molar-refractivity contribution in [1.82, 2.24) is 20.8 Å². The molecule has 0 atom stereocenters. The summed E-state index contributed by atoms with van der Waals surface area (Å²) in [6, 6.07) is 1.76. The number of carbonyl (C=O) groups excluding carboxylic acids is 1. The van der Waals surface area contributed by atoms with E-state index < -0.39 is 0 Å². The summed E-state index contributed by atoms with van der Waals surface area (Å²) in [4.78, 5) is 11.8. The van der Waals surface area contributed by atoms with Crippen LogP contribution in [-0.4, -0.2) is 36.2 Å². The zero-order valence-electron chi connectivity index (χ0n) is 10.0. The second kappa shape index (κ2) is 6.17. The van der Waals surface area contributed by atoms with Crippen LogP contribution < -0.4 is 10.6 Å². The molecule has 88 valence electrons. The summed E-state index contributed by atoms with van der Waals surface area (Å²) < 4.78 is 0. The van der Waals surface area contributed by atoms with Crippen LogP contribution in [0.2, 0.25) is 0 Å². The highest BCUT2D eigenvalue weighted by Gasteiger charge is 2.09. The summed E-state index contributed by atoms with van der Waals surface area (Å²) in [7, 11) is 1.89. The molecule has 1 aromatic heterocycles. The van der Waals surface area contributed by atoms with Gasteiger partial charge in [-0.05, 0) is 39.9 Å². The van der Waals surface area contributed by atoms with Gasteiger partial charge in [-0.3, -0.25) is 4.79 Å². The fourth-order valence-corrected chi connectivity index (χ4v) is 1.34. The van der Waals surface area contributed by atoms with Crippen molar-refractivity contribution in [2.45, 2.75) is 20.3 Å². The average Bonchev–Trinajstić information content (AvgIpc) is 2.27. The summed E-state index contributed by atoms with van der Waals surface area (Å²) in [5.74, 6) is -0.0772. The molecule has 0 saturated carbocycles. The predicted octanol–water partition coefficient (Wildman–Crippen LogP) is 0.433. The first-order chi connectivity index (χ1) is 7.65. The van der Waals surface area contributed by atoms with Crippen molar-refractivity contribution >= 4 is 5.91 Å². The molecule has 1 aromatic rings. The van der Waals surface area contributed by atoms with E-state index in [2.05, 4.69) is 20.8 Å². The summed E-state index contributed by atoms with van der Waals surface area (Å²) in [6.07, 6.45) is 0.915. The molecule has 5 heteroatoms. The second-order valence-corrected chi connectivity index (χ2v) is 3.70. The predicted molar refractivity (Wildman–Crippen MR) is 62.4 cm³/mol. The van der Waals surface area contributed by atoms with E-state index in [0.717, 1.165) is 18.7 Å². The van der Waals surface area contributed by atoms with E-state index in [1.807, 2.05) is 14.0 Å². The molecule has 1 amide bonds. The molecule has 5 nitrogen and oxygen atoms in total. The summed E-state index contributed by atoms with van der Waals surface area (Å²) in [6.45, 7) is 5.17. The second-order valence-electron chi connectivity index (χ2n) is 3.70. The van der Waals surface area contributed by atoms with E-state index in [0.29, 0.717) is 17.8 Å². The number of aromatic nitrogens is 2. The van der Waals surface area contributed by atoms with Crippen LogP contribution in [0.15, 0.2) is 6.07 Å².